The van der Waals surface area contributed by atoms with Gasteiger partial charge in [0.05, 0.1) is 10.3 Å². The Bertz CT molecular complexity index is 519. The normalized spacial score (nSPS) is 10.6. The van der Waals surface area contributed by atoms with Crippen LogP contribution in [0.5, 0.6) is 0 Å². The van der Waals surface area contributed by atoms with E-state index in [1.165, 1.54) is 17.5 Å². The Kier molecular flexibility index (Phi) is 1.89. The van der Waals surface area contributed by atoms with Gasteiger partial charge in [-0.05, 0) is 17.9 Å². The highest BCUT2D eigenvalue weighted by Crippen LogP contribution is 2.31. The molecule has 3 N–H and O–H groups in total. The van der Waals surface area contributed by atoms with Crippen LogP contribution in [-0.4, -0.2) is 16.1 Å². The third kappa shape index (κ3) is 1.13. The fourth-order valence-electron chi connectivity index (χ4n) is 1.39. The van der Waals surface area contributed by atoms with Crippen molar-refractivity contribution in [1.82, 2.24) is 4.98 Å². The summed E-state index contributed by atoms with van der Waals surface area (Å²) in [6, 6.07) is 0. The first-order chi connectivity index (χ1) is 6.61. The van der Waals surface area contributed by atoms with Crippen molar-refractivity contribution in [2.45, 2.75) is 6.92 Å². The Morgan fingerprint density at radius 3 is 3.00 bits per heavy atom. The number of carbonyl (C=O) groups is 1. The number of carboxylic acid groups (broad SMARTS) is 1. The summed E-state index contributed by atoms with van der Waals surface area (Å²) in [7, 11) is 0. The molecule has 14 heavy (non-hydrogen) atoms. The molecule has 0 aliphatic carbocycles. The number of thiophene rings is 1. The number of aryl methyl sites for hydroxylation is 1. The Morgan fingerprint density at radius 1 is 1.64 bits per heavy atom. The fourth-order valence-corrected chi connectivity index (χ4v) is 2.36. The van der Waals surface area contributed by atoms with E-state index in [1.807, 2.05) is 12.3 Å². The zero-order chi connectivity index (χ0) is 10.3. The van der Waals surface area contributed by atoms with Crippen LogP contribution in [0.2, 0.25) is 0 Å². The Balaban J connectivity index is 2.92. The zero-order valence-electron chi connectivity index (χ0n) is 7.44. The van der Waals surface area contributed by atoms with Gasteiger partial charge in [-0.3, -0.25) is 0 Å². The van der Waals surface area contributed by atoms with E-state index in [9.17, 15) is 4.79 Å². The first kappa shape index (κ1) is 8.96. The number of rotatable bonds is 1. The third-order valence-corrected chi connectivity index (χ3v) is 3.16. The maximum absolute atomic E-state index is 10.9. The molecule has 0 fully saturated rings. The van der Waals surface area contributed by atoms with Gasteiger partial charge in [-0.2, -0.15) is 0 Å². The molecule has 2 heterocycles. The standard InChI is InChI=1S/C9H8N2O2S/c1-4-3-14-7-6(4)5(9(12)13)2-11-8(7)10/h2-3H,1H3,(H2,10,11)(H,12,13). The van der Waals surface area contributed by atoms with Crippen LogP contribution in [0.3, 0.4) is 0 Å². The number of hydrogen-bond donors (Lipinski definition) is 2. The summed E-state index contributed by atoms with van der Waals surface area (Å²) < 4.78 is 0.752. The van der Waals surface area contributed by atoms with Gasteiger partial charge in [0.2, 0.25) is 0 Å². The van der Waals surface area contributed by atoms with Crippen LogP contribution in [0.1, 0.15) is 15.9 Å². The maximum Gasteiger partial charge on any atom is 0.337 e. The summed E-state index contributed by atoms with van der Waals surface area (Å²) in [6.45, 7) is 1.87. The number of fused-ring (bicyclic) bond motifs is 1. The van der Waals surface area contributed by atoms with Crippen LogP contribution in [0.4, 0.5) is 5.82 Å². The van der Waals surface area contributed by atoms with Gasteiger partial charge in [0.15, 0.2) is 0 Å². The highest BCUT2D eigenvalue weighted by molar-refractivity contribution is 7.18. The van der Waals surface area contributed by atoms with Crippen LogP contribution < -0.4 is 5.73 Å². The second-order valence-electron chi connectivity index (χ2n) is 2.99. The van der Waals surface area contributed by atoms with Gasteiger partial charge in [-0.25, -0.2) is 9.78 Å². The lowest BCUT2D eigenvalue weighted by Gasteiger charge is -2.00. The lowest BCUT2D eigenvalue weighted by molar-refractivity contribution is 0.0698. The van der Waals surface area contributed by atoms with Gasteiger partial charge >= 0.3 is 5.97 Å². The molecule has 0 amide bonds. The van der Waals surface area contributed by atoms with E-state index in [-0.39, 0.29) is 5.56 Å². The number of carboxylic acids is 1. The molecule has 72 valence electrons. The highest BCUT2D eigenvalue weighted by atomic mass is 32.1. The molecular weight excluding hydrogens is 200 g/mol. The minimum atomic E-state index is -0.969. The monoisotopic (exact) mass is 208 g/mol. The van der Waals surface area contributed by atoms with Gasteiger partial charge in [-0.15, -0.1) is 11.3 Å². The molecule has 0 atom stereocenters. The largest absolute Gasteiger partial charge is 0.478 e. The Hall–Kier alpha value is -1.62. The number of nitrogens with zero attached hydrogens (tertiary/aromatic N) is 1. The number of pyridine rings is 1. The number of nitrogen functional groups attached to an aromatic ring is 1. The highest BCUT2D eigenvalue weighted by Gasteiger charge is 2.14. The van der Waals surface area contributed by atoms with Gasteiger partial charge < -0.3 is 10.8 Å². The molecule has 0 aromatic carbocycles. The van der Waals surface area contributed by atoms with Gasteiger partial charge in [0.1, 0.15) is 5.82 Å². The molecule has 2 rings (SSSR count). The van der Waals surface area contributed by atoms with Crippen LogP contribution in [-0.2, 0) is 0 Å². The fraction of sp³-hybridized carbons (Fsp3) is 0.111. The molecule has 4 nitrogen and oxygen atoms in total. The first-order valence-corrected chi connectivity index (χ1v) is 4.85. The van der Waals surface area contributed by atoms with Crippen molar-refractivity contribution in [3.63, 3.8) is 0 Å². The number of anilines is 1. The molecule has 0 unspecified atom stereocenters. The molecular formula is C9H8N2O2S. The average Bonchev–Trinajstić information content (AvgIpc) is 2.50. The summed E-state index contributed by atoms with van der Waals surface area (Å²) >= 11 is 1.42. The van der Waals surface area contributed by atoms with Gasteiger partial charge in [0, 0.05) is 11.6 Å². The number of aromatic carboxylic acids is 1. The molecule has 0 spiro atoms. The van der Waals surface area contributed by atoms with Crippen molar-refractivity contribution >= 4 is 33.2 Å². The minimum absolute atomic E-state index is 0.216. The molecule has 5 heteroatoms. The lowest BCUT2D eigenvalue weighted by Crippen LogP contribution is -2.00. The average molecular weight is 208 g/mol. The van der Waals surface area contributed by atoms with Crippen LogP contribution in [0.25, 0.3) is 10.1 Å². The van der Waals surface area contributed by atoms with Gasteiger partial charge in [-0.1, -0.05) is 0 Å². The second-order valence-corrected chi connectivity index (χ2v) is 3.86. The molecule has 2 aromatic heterocycles. The van der Waals surface area contributed by atoms with Crippen molar-refractivity contribution < 1.29 is 9.90 Å². The maximum atomic E-state index is 10.9. The summed E-state index contributed by atoms with van der Waals surface area (Å²) in [5.74, 6) is -0.577. The third-order valence-electron chi connectivity index (χ3n) is 2.04. The number of hydrogen-bond acceptors (Lipinski definition) is 4. The van der Waals surface area contributed by atoms with Crippen LogP contribution in [0.15, 0.2) is 11.6 Å². The summed E-state index contributed by atoms with van der Waals surface area (Å²) in [6.07, 6.45) is 1.31. The van der Waals surface area contributed by atoms with Crippen LogP contribution in [0, 0.1) is 6.92 Å². The molecule has 0 aliphatic rings. The Morgan fingerprint density at radius 2 is 2.36 bits per heavy atom. The van der Waals surface area contributed by atoms with E-state index in [4.69, 9.17) is 10.8 Å². The first-order valence-electron chi connectivity index (χ1n) is 3.97. The number of aromatic nitrogens is 1. The lowest BCUT2D eigenvalue weighted by atomic mass is 10.1. The Labute approximate surface area is 84.0 Å². The molecule has 0 saturated carbocycles. The van der Waals surface area contributed by atoms with Crippen molar-refractivity contribution in [3.05, 3.63) is 22.7 Å². The molecule has 0 aliphatic heterocycles. The topological polar surface area (TPSA) is 76.2 Å². The van der Waals surface area contributed by atoms with Crippen LogP contribution >= 0.6 is 11.3 Å². The smallest absolute Gasteiger partial charge is 0.337 e. The zero-order valence-corrected chi connectivity index (χ0v) is 8.26. The summed E-state index contributed by atoms with van der Waals surface area (Å²) in [4.78, 5) is 14.7. The van der Waals surface area contributed by atoms with Crippen molar-refractivity contribution in [1.29, 1.82) is 0 Å². The molecule has 0 radical (unpaired) electrons. The predicted octanol–water partition coefficient (Wildman–Crippen LogP) is 1.89. The quantitative estimate of drug-likeness (QED) is 0.750. The van der Waals surface area contributed by atoms with Crippen molar-refractivity contribution in [2.75, 3.05) is 5.73 Å². The van der Waals surface area contributed by atoms with Gasteiger partial charge in [0.25, 0.3) is 0 Å². The van der Waals surface area contributed by atoms with E-state index in [2.05, 4.69) is 4.98 Å². The molecule has 0 saturated heterocycles. The van der Waals surface area contributed by atoms with E-state index >= 15 is 0 Å². The summed E-state index contributed by atoms with van der Waals surface area (Å²) in [5, 5.41) is 11.5. The van der Waals surface area contributed by atoms with Crippen molar-refractivity contribution in [3.8, 4) is 0 Å². The molecule has 0 bridgehead atoms. The molecule has 2 aromatic rings. The van der Waals surface area contributed by atoms with Crippen molar-refractivity contribution in [2.24, 2.45) is 0 Å². The summed E-state index contributed by atoms with van der Waals surface area (Å²) in [5.41, 5.74) is 6.79. The number of nitrogens with two attached hydrogens (primary N) is 1. The second kappa shape index (κ2) is 2.95. The van der Waals surface area contributed by atoms with E-state index in [1.54, 1.807) is 0 Å². The van der Waals surface area contributed by atoms with E-state index in [0.29, 0.717) is 11.2 Å². The van der Waals surface area contributed by atoms with E-state index < -0.39 is 5.97 Å². The SMILES string of the molecule is Cc1csc2c(N)ncc(C(=O)O)c12. The van der Waals surface area contributed by atoms with E-state index in [0.717, 1.165) is 10.3 Å². The predicted molar refractivity (Wildman–Crippen MR) is 55.7 cm³/mol. The minimum Gasteiger partial charge on any atom is -0.478 e.